The zero-order chi connectivity index (χ0) is 13.9. The van der Waals surface area contributed by atoms with Gasteiger partial charge in [0.05, 0.1) is 7.11 Å². The maximum atomic E-state index is 5.93. The summed E-state index contributed by atoms with van der Waals surface area (Å²) < 4.78 is 10.5. The zero-order valence-corrected chi connectivity index (χ0v) is 11.5. The van der Waals surface area contributed by atoms with Gasteiger partial charge in [0.1, 0.15) is 5.75 Å². The van der Waals surface area contributed by atoms with Crippen LogP contribution >= 0.6 is 0 Å². The molecule has 0 fully saturated rings. The van der Waals surface area contributed by atoms with Crippen molar-refractivity contribution >= 4 is 0 Å². The number of hydrogen-bond donors (Lipinski definition) is 1. The molecule has 1 heterocycles. The molecule has 0 bridgehead atoms. The maximum Gasteiger partial charge on any atom is 0.228 e. The molecule has 0 amide bonds. The number of ether oxygens (including phenoxy) is 1. The second kappa shape index (κ2) is 5.40. The summed E-state index contributed by atoms with van der Waals surface area (Å²) in [6, 6.07) is 7.80. The Labute approximate surface area is 112 Å². The lowest BCUT2D eigenvalue weighted by molar-refractivity contribution is 0.345. The van der Waals surface area contributed by atoms with Gasteiger partial charge in [-0.1, -0.05) is 23.4 Å². The van der Waals surface area contributed by atoms with Gasteiger partial charge in [0.2, 0.25) is 5.89 Å². The second-order valence-electron chi connectivity index (χ2n) is 5.26. The molecule has 0 aliphatic rings. The monoisotopic (exact) mass is 261 g/mol. The fourth-order valence-corrected chi connectivity index (χ4v) is 1.84. The summed E-state index contributed by atoms with van der Waals surface area (Å²) in [4.78, 5) is 4.35. The Balaban J connectivity index is 2.12. The molecule has 0 spiro atoms. The fraction of sp³-hybridized carbons (Fsp3) is 0.429. The minimum atomic E-state index is -0.353. The SMILES string of the molecule is COc1ccccc1Cc1noc(CC(C)(C)N)n1. The van der Waals surface area contributed by atoms with E-state index in [1.807, 2.05) is 38.1 Å². The topological polar surface area (TPSA) is 74.2 Å². The van der Waals surface area contributed by atoms with Gasteiger partial charge in [0.25, 0.3) is 0 Å². The van der Waals surface area contributed by atoms with Crippen LogP contribution < -0.4 is 10.5 Å². The number of para-hydroxylation sites is 1. The predicted octanol–water partition coefficient (Wildman–Crippen LogP) is 1.95. The Morgan fingerprint density at radius 2 is 2.05 bits per heavy atom. The lowest BCUT2D eigenvalue weighted by Crippen LogP contribution is -2.34. The molecule has 1 aromatic heterocycles. The third-order valence-electron chi connectivity index (χ3n) is 2.66. The van der Waals surface area contributed by atoms with Gasteiger partial charge in [-0.2, -0.15) is 4.98 Å². The molecule has 0 saturated carbocycles. The van der Waals surface area contributed by atoms with Crippen molar-refractivity contribution in [3.8, 4) is 5.75 Å². The Morgan fingerprint density at radius 3 is 2.74 bits per heavy atom. The van der Waals surface area contributed by atoms with E-state index in [1.54, 1.807) is 7.11 Å². The molecule has 2 rings (SSSR count). The molecule has 19 heavy (non-hydrogen) atoms. The molecule has 0 unspecified atom stereocenters. The summed E-state index contributed by atoms with van der Waals surface area (Å²) in [5.74, 6) is 2.04. The van der Waals surface area contributed by atoms with Crippen molar-refractivity contribution < 1.29 is 9.26 Å². The van der Waals surface area contributed by atoms with Crippen molar-refractivity contribution in [3.05, 3.63) is 41.5 Å². The molecule has 5 nitrogen and oxygen atoms in total. The van der Waals surface area contributed by atoms with E-state index >= 15 is 0 Å². The largest absolute Gasteiger partial charge is 0.496 e. The molecule has 0 aliphatic heterocycles. The van der Waals surface area contributed by atoms with Crippen molar-refractivity contribution in [2.24, 2.45) is 5.73 Å². The minimum absolute atomic E-state index is 0.353. The first-order chi connectivity index (χ1) is 8.98. The number of methoxy groups -OCH3 is 1. The van der Waals surface area contributed by atoms with Crippen molar-refractivity contribution in [1.29, 1.82) is 0 Å². The van der Waals surface area contributed by atoms with Crippen molar-refractivity contribution in [3.63, 3.8) is 0 Å². The highest BCUT2D eigenvalue weighted by Gasteiger charge is 2.17. The highest BCUT2D eigenvalue weighted by molar-refractivity contribution is 5.35. The molecule has 0 atom stereocenters. The van der Waals surface area contributed by atoms with Gasteiger partial charge < -0.3 is 15.0 Å². The number of hydrogen-bond acceptors (Lipinski definition) is 5. The molecule has 0 radical (unpaired) electrons. The first kappa shape index (κ1) is 13.5. The first-order valence-electron chi connectivity index (χ1n) is 6.20. The van der Waals surface area contributed by atoms with Crippen LogP contribution in [0.3, 0.4) is 0 Å². The summed E-state index contributed by atoms with van der Waals surface area (Å²) in [5.41, 5.74) is 6.61. The van der Waals surface area contributed by atoms with E-state index < -0.39 is 0 Å². The third kappa shape index (κ3) is 3.79. The van der Waals surface area contributed by atoms with E-state index in [1.165, 1.54) is 0 Å². The highest BCUT2D eigenvalue weighted by Crippen LogP contribution is 2.20. The van der Waals surface area contributed by atoms with Gasteiger partial charge in [0, 0.05) is 23.9 Å². The van der Waals surface area contributed by atoms with Crippen LogP contribution in [0.25, 0.3) is 0 Å². The second-order valence-corrected chi connectivity index (χ2v) is 5.26. The number of rotatable bonds is 5. The Kier molecular flexibility index (Phi) is 3.85. The van der Waals surface area contributed by atoms with Gasteiger partial charge >= 0.3 is 0 Å². The summed E-state index contributed by atoms with van der Waals surface area (Å²) in [6.07, 6.45) is 1.14. The summed E-state index contributed by atoms with van der Waals surface area (Å²) in [6.45, 7) is 3.86. The molecule has 102 valence electrons. The van der Waals surface area contributed by atoms with Crippen molar-refractivity contribution in [1.82, 2.24) is 10.1 Å². The minimum Gasteiger partial charge on any atom is -0.496 e. The molecule has 0 aliphatic carbocycles. The Bertz CT molecular complexity index is 544. The van der Waals surface area contributed by atoms with Gasteiger partial charge in [-0.15, -0.1) is 0 Å². The van der Waals surface area contributed by atoms with Crippen LogP contribution in [0.5, 0.6) is 5.75 Å². The molecule has 0 saturated heterocycles. The van der Waals surface area contributed by atoms with Crippen LogP contribution in [0, 0.1) is 0 Å². The van der Waals surface area contributed by atoms with E-state index in [2.05, 4.69) is 10.1 Å². The van der Waals surface area contributed by atoms with Gasteiger partial charge in [0.15, 0.2) is 5.82 Å². The van der Waals surface area contributed by atoms with Crippen LogP contribution in [0.1, 0.15) is 31.1 Å². The Hall–Kier alpha value is -1.88. The van der Waals surface area contributed by atoms with Crippen molar-refractivity contribution in [2.75, 3.05) is 7.11 Å². The fourth-order valence-electron chi connectivity index (χ4n) is 1.84. The number of nitrogens with zero attached hydrogens (tertiary/aromatic N) is 2. The average Bonchev–Trinajstić information content (AvgIpc) is 2.75. The standard InChI is InChI=1S/C14H19N3O2/c1-14(2,15)9-13-16-12(17-19-13)8-10-6-4-5-7-11(10)18-3/h4-7H,8-9,15H2,1-3H3. The quantitative estimate of drug-likeness (QED) is 0.890. The highest BCUT2D eigenvalue weighted by atomic mass is 16.5. The summed E-state index contributed by atoms with van der Waals surface area (Å²) in [7, 11) is 1.65. The normalized spacial score (nSPS) is 11.6. The first-order valence-corrected chi connectivity index (χ1v) is 6.20. The molecular formula is C14H19N3O2. The zero-order valence-electron chi connectivity index (χ0n) is 11.5. The number of benzene rings is 1. The van der Waals surface area contributed by atoms with E-state index in [0.717, 1.165) is 11.3 Å². The van der Waals surface area contributed by atoms with Crippen LogP contribution in [-0.2, 0) is 12.8 Å². The maximum absolute atomic E-state index is 5.93. The van der Waals surface area contributed by atoms with Gasteiger partial charge in [-0.3, -0.25) is 0 Å². The van der Waals surface area contributed by atoms with Crippen LogP contribution in [0.15, 0.2) is 28.8 Å². The lowest BCUT2D eigenvalue weighted by atomic mass is 10.0. The molecule has 1 aromatic carbocycles. The smallest absolute Gasteiger partial charge is 0.228 e. The van der Waals surface area contributed by atoms with E-state index in [9.17, 15) is 0 Å². The summed E-state index contributed by atoms with van der Waals surface area (Å²) >= 11 is 0. The lowest BCUT2D eigenvalue weighted by Gasteiger charge is -2.14. The van der Waals surface area contributed by atoms with Crippen molar-refractivity contribution in [2.45, 2.75) is 32.2 Å². The predicted molar refractivity (Wildman–Crippen MR) is 72.1 cm³/mol. The van der Waals surface area contributed by atoms with E-state index in [-0.39, 0.29) is 5.54 Å². The van der Waals surface area contributed by atoms with E-state index in [4.69, 9.17) is 15.0 Å². The Morgan fingerprint density at radius 1 is 1.32 bits per heavy atom. The molecule has 5 heteroatoms. The van der Waals surface area contributed by atoms with Gasteiger partial charge in [-0.25, -0.2) is 0 Å². The number of nitrogens with two attached hydrogens (primary N) is 1. The molecular weight excluding hydrogens is 242 g/mol. The average molecular weight is 261 g/mol. The van der Waals surface area contributed by atoms with Crippen LogP contribution in [-0.4, -0.2) is 22.8 Å². The van der Waals surface area contributed by atoms with Crippen LogP contribution in [0.4, 0.5) is 0 Å². The third-order valence-corrected chi connectivity index (χ3v) is 2.66. The number of aromatic nitrogens is 2. The molecule has 2 N–H and O–H groups in total. The van der Waals surface area contributed by atoms with E-state index in [0.29, 0.717) is 24.6 Å². The molecule has 2 aromatic rings. The van der Waals surface area contributed by atoms with Crippen LogP contribution in [0.2, 0.25) is 0 Å². The summed E-state index contributed by atoms with van der Waals surface area (Å²) in [5, 5.41) is 3.97. The van der Waals surface area contributed by atoms with Gasteiger partial charge in [-0.05, 0) is 19.9 Å².